The van der Waals surface area contributed by atoms with Crippen molar-refractivity contribution in [3.8, 4) is 17.5 Å². The van der Waals surface area contributed by atoms with E-state index in [9.17, 15) is 0 Å². The van der Waals surface area contributed by atoms with E-state index in [2.05, 4.69) is 9.97 Å². The third-order valence-corrected chi connectivity index (χ3v) is 2.32. The molecular formula is C13H15N3O2. The first kappa shape index (κ1) is 12.2. The Kier molecular flexibility index (Phi) is 3.62. The fourth-order valence-electron chi connectivity index (χ4n) is 1.43. The monoisotopic (exact) mass is 245 g/mol. The number of aromatic nitrogens is 2. The van der Waals surface area contributed by atoms with E-state index in [1.165, 1.54) is 0 Å². The quantitative estimate of drug-likeness (QED) is 0.896. The second-order valence-corrected chi connectivity index (χ2v) is 3.67. The molecule has 0 aromatic carbocycles. The SMILES string of the molecule is CCOc1nc(Oc2cccnc2C)ccc1N. The maximum Gasteiger partial charge on any atom is 0.240 e. The number of pyridine rings is 2. The maximum absolute atomic E-state index is 5.74. The lowest BCUT2D eigenvalue weighted by atomic mass is 10.3. The molecule has 0 fully saturated rings. The van der Waals surface area contributed by atoms with Gasteiger partial charge >= 0.3 is 0 Å². The van der Waals surface area contributed by atoms with Gasteiger partial charge in [0.05, 0.1) is 18.0 Å². The van der Waals surface area contributed by atoms with E-state index in [1.54, 1.807) is 18.3 Å². The van der Waals surface area contributed by atoms with Crippen molar-refractivity contribution >= 4 is 5.69 Å². The van der Waals surface area contributed by atoms with Crippen LogP contribution in [-0.2, 0) is 0 Å². The lowest BCUT2D eigenvalue weighted by Gasteiger charge is -2.09. The van der Waals surface area contributed by atoms with Crippen LogP contribution in [0.25, 0.3) is 0 Å². The summed E-state index contributed by atoms with van der Waals surface area (Å²) < 4.78 is 11.0. The molecule has 0 aliphatic carbocycles. The summed E-state index contributed by atoms with van der Waals surface area (Å²) in [7, 11) is 0. The number of aryl methyl sites for hydroxylation is 1. The largest absolute Gasteiger partial charge is 0.476 e. The number of nitrogens with zero attached hydrogens (tertiary/aromatic N) is 2. The molecule has 5 nitrogen and oxygen atoms in total. The van der Waals surface area contributed by atoms with Crippen molar-refractivity contribution in [1.29, 1.82) is 0 Å². The van der Waals surface area contributed by atoms with Crippen molar-refractivity contribution in [2.24, 2.45) is 0 Å². The second kappa shape index (κ2) is 5.35. The fourth-order valence-corrected chi connectivity index (χ4v) is 1.43. The number of hydrogen-bond acceptors (Lipinski definition) is 5. The Morgan fingerprint density at radius 3 is 2.83 bits per heavy atom. The molecule has 0 radical (unpaired) electrons. The molecule has 0 spiro atoms. The summed E-state index contributed by atoms with van der Waals surface area (Å²) in [6.07, 6.45) is 1.71. The molecule has 0 saturated carbocycles. The molecule has 2 rings (SSSR count). The Morgan fingerprint density at radius 1 is 1.28 bits per heavy atom. The first-order chi connectivity index (χ1) is 8.70. The lowest BCUT2D eigenvalue weighted by molar-refractivity contribution is 0.323. The minimum Gasteiger partial charge on any atom is -0.476 e. The van der Waals surface area contributed by atoms with E-state index in [0.29, 0.717) is 29.8 Å². The molecule has 5 heteroatoms. The average Bonchev–Trinajstić information content (AvgIpc) is 2.36. The third kappa shape index (κ3) is 2.68. The summed E-state index contributed by atoms with van der Waals surface area (Å²) in [5.41, 5.74) is 7.04. The summed E-state index contributed by atoms with van der Waals surface area (Å²) in [5.74, 6) is 1.48. The average molecular weight is 245 g/mol. The highest BCUT2D eigenvalue weighted by molar-refractivity contribution is 5.49. The summed E-state index contributed by atoms with van der Waals surface area (Å²) in [6.45, 7) is 4.25. The molecule has 0 bridgehead atoms. The van der Waals surface area contributed by atoms with Gasteiger partial charge in [0, 0.05) is 12.3 Å². The Balaban J connectivity index is 2.24. The Hall–Kier alpha value is -2.30. The van der Waals surface area contributed by atoms with Crippen molar-refractivity contribution in [1.82, 2.24) is 9.97 Å². The number of hydrogen-bond donors (Lipinski definition) is 1. The first-order valence-electron chi connectivity index (χ1n) is 5.69. The molecule has 0 atom stereocenters. The zero-order valence-corrected chi connectivity index (χ0v) is 10.4. The smallest absolute Gasteiger partial charge is 0.240 e. The van der Waals surface area contributed by atoms with Gasteiger partial charge in [-0.25, -0.2) is 0 Å². The van der Waals surface area contributed by atoms with Crippen molar-refractivity contribution in [2.75, 3.05) is 12.3 Å². The van der Waals surface area contributed by atoms with E-state index in [4.69, 9.17) is 15.2 Å². The van der Waals surface area contributed by atoms with Crippen molar-refractivity contribution in [3.05, 3.63) is 36.2 Å². The zero-order chi connectivity index (χ0) is 13.0. The Bertz CT molecular complexity index is 544. The van der Waals surface area contributed by atoms with E-state index >= 15 is 0 Å². The van der Waals surface area contributed by atoms with Gasteiger partial charge in [0.2, 0.25) is 11.8 Å². The Morgan fingerprint density at radius 2 is 2.11 bits per heavy atom. The van der Waals surface area contributed by atoms with Crippen molar-refractivity contribution in [3.63, 3.8) is 0 Å². The molecule has 0 amide bonds. The predicted octanol–water partition coefficient (Wildman–Crippen LogP) is 2.56. The molecule has 0 saturated heterocycles. The van der Waals surface area contributed by atoms with Gasteiger partial charge in [-0.3, -0.25) is 4.98 Å². The molecule has 18 heavy (non-hydrogen) atoms. The van der Waals surface area contributed by atoms with Crippen molar-refractivity contribution < 1.29 is 9.47 Å². The minimum absolute atomic E-state index is 0.386. The lowest BCUT2D eigenvalue weighted by Crippen LogP contribution is -2.00. The molecule has 2 aromatic heterocycles. The van der Waals surface area contributed by atoms with Crippen LogP contribution in [0.5, 0.6) is 17.5 Å². The zero-order valence-electron chi connectivity index (χ0n) is 10.4. The molecule has 2 heterocycles. The molecule has 0 aliphatic rings. The summed E-state index contributed by atoms with van der Waals surface area (Å²) in [5, 5.41) is 0. The summed E-state index contributed by atoms with van der Waals surface area (Å²) in [6, 6.07) is 7.05. The highest BCUT2D eigenvalue weighted by Gasteiger charge is 2.07. The molecule has 94 valence electrons. The fraction of sp³-hybridized carbons (Fsp3) is 0.231. The minimum atomic E-state index is 0.386. The molecule has 0 aliphatic heterocycles. The second-order valence-electron chi connectivity index (χ2n) is 3.67. The van der Waals surface area contributed by atoms with Gasteiger partial charge < -0.3 is 15.2 Å². The van der Waals surface area contributed by atoms with Gasteiger partial charge in [0.15, 0.2) is 5.75 Å². The van der Waals surface area contributed by atoms with Gasteiger partial charge in [-0.1, -0.05) is 0 Å². The van der Waals surface area contributed by atoms with Crippen LogP contribution in [0.3, 0.4) is 0 Å². The highest BCUT2D eigenvalue weighted by atomic mass is 16.5. The van der Waals surface area contributed by atoms with Crippen LogP contribution >= 0.6 is 0 Å². The van der Waals surface area contributed by atoms with Crippen molar-refractivity contribution in [2.45, 2.75) is 13.8 Å². The van der Waals surface area contributed by atoms with Gasteiger partial charge in [0.1, 0.15) is 0 Å². The first-order valence-corrected chi connectivity index (χ1v) is 5.69. The number of nitrogens with two attached hydrogens (primary N) is 1. The molecular weight excluding hydrogens is 230 g/mol. The van der Waals surface area contributed by atoms with Crippen LogP contribution < -0.4 is 15.2 Å². The van der Waals surface area contributed by atoms with Crippen LogP contribution in [0, 0.1) is 6.92 Å². The van der Waals surface area contributed by atoms with Crippen LogP contribution in [0.2, 0.25) is 0 Å². The topological polar surface area (TPSA) is 70.3 Å². The maximum atomic E-state index is 5.74. The number of anilines is 1. The normalized spacial score (nSPS) is 10.1. The summed E-state index contributed by atoms with van der Waals surface area (Å²) >= 11 is 0. The highest BCUT2D eigenvalue weighted by Crippen LogP contribution is 2.26. The van der Waals surface area contributed by atoms with Gasteiger partial charge in [0.25, 0.3) is 0 Å². The van der Waals surface area contributed by atoms with Crippen LogP contribution in [0.4, 0.5) is 5.69 Å². The van der Waals surface area contributed by atoms with Crippen LogP contribution in [0.15, 0.2) is 30.5 Å². The van der Waals surface area contributed by atoms with E-state index < -0.39 is 0 Å². The number of ether oxygens (including phenoxy) is 2. The number of nitrogen functional groups attached to an aromatic ring is 1. The van der Waals surface area contributed by atoms with Crippen LogP contribution in [-0.4, -0.2) is 16.6 Å². The van der Waals surface area contributed by atoms with E-state index in [1.807, 2.05) is 26.0 Å². The van der Waals surface area contributed by atoms with Gasteiger partial charge in [-0.15, -0.1) is 0 Å². The van der Waals surface area contributed by atoms with Gasteiger partial charge in [-0.2, -0.15) is 4.98 Å². The predicted molar refractivity (Wildman–Crippen MR) is 68.9 cm³/mol. The van der Waals surface area contributed by atoms with E-state index in [-0.39, 0.29) is 0 Å². The van der Waals surface area contributed by atoms with Crippen LogP contribution in [0.1, 0.15) is 12.6 Å². The molecule has 0 unspecified atom stereocenters. The van der Waals surface area contributed by atoms with Gasteiger partial charge in [-0.05, 0) is 32.0 Å². The standard InChI is InChI=1S/C13H15N3O2/c1-3-17-13-10(14)6-7-12(16-13)18-11-5-4-8-15-9(11)2/h4-8H,3,14H2,1-2H3. The number of rotatable bonds is 4. The van der Waals surface area contributed by atoms with E-state index in [0.717, 1.165) is 5.69 Å². The third-order valence-electron chi connectivity index (χ3n) is 2.32. The molecule has 2 aromatic rings. The molecule has 2 N–H and O–H groups in total. The Labute approximate surface area is 106 Å². The summed E-state index contributed by atoms with van der Waals surface area (Å²) in [4.78, 5) is 8.34.